The zero-order valence-electron chi connectivity index (χ0n) is 24.3. The molecule has 0 aromatic heterocycles. The van der Waals surface area contributed by atoms with Crippen LogP contribution in [0.4, 0.5) is 35.1 Å². The molecule has 0 saturated heterocycles. The van der Waals surface area contributed by atoms with E-state index in [1.807, 2.05) is 0 Å². The number of alkyl halides is 8. The standard InChI is InChI=1S/C32H18F8O10/c33-30(34,32(38,39)40)29(31(35,36)37,15-1-5-17(6-2-15)49-19-9-11-21(25(41)42)23(13-19)27(45)46)16-3-7-18(8-4-16)50-20-10-12-22(26(43)44)24(14-20)28(47)48/h1-14H,(H,41,42)(H,43,44)(H,45,46)(H,47,48). The van der Waals surface area contributed by atoms with Crippen molar-refractivity contribution < 1.29 is 84.2 Å². The van der Waals surface area contributed by atoms with Crippen molar-refractivity contribution in [3.63, 3.8) is 0 Å². The van der Waals surface area contributed by atoms with E-state index in [4.69, 9.17) is 19.7 Å². The van der Waals surface area contributed by atoms with Crippen LogP contribution in [-0.2, 0) is 5.41 Å². The topological polar surface area (TPSA) is 168 Å². The van der Waals surface area contributed by atoms with Crippen LogP contribution in [0.25, 0.3) is 0 Å². The van der Waals surface area contributed by atoms with E-state index in [-0.39, 0.29) is 35.8 Å². The van der Waals surface area contributed by atoms with E-state index in [2.05, 4.69) is 0 Å². The summed E-state index contributed by atoms with van der Waals surface area (Å²) in [5.41, 5.74) is -11.1. The molecule has 4 N–H and O–H groups in total. The average Bonchev–Trinajstić information content (AvgIpc) is 3.01. The number of benzene rings is 4. The van der Waals surface area contributed by atoms with E-state index in [0.717, 1.165) is 36.4 Å². The molecule has 262 valence electrons. The summed E-state index contributed by atoms with van der Waals surface area (Å²) in [4.78, 5) is 45.4. The fraction of sp³-hybridized carbons (Fsp3) is 0.125. The third-order valence-corrected chi connectivity index (χ3v) is 7.20. The zero-order chi connectivity index (χ0) is 37.4. The van der Waals surface area contributed by atoms with Gasteiger partial charge in [-0.25, -0.2) is 19.2 Å². The van der Waals surface area contributed by atoms with Gasteiger partial charge in [0.05, 0.1) is 22.3 Å². The minimum atomic E-state index is -6.77. The van der Waals surface area contributed by atoms with E-state index in [1.165, 1.54) is 0 Å². The molecule has 0 aliphatic carbocycles. The molecule has 0 bridgehead atoms. The minimum absolute atomic E-state index is 0.286. The Hall–Kier alpha value is -6.20. The Balaban J connectivity index is 1.80. The van der Waals surface area contributed by atoms with Crippen molar-refractivity contribution in [2.75, 3.05) is 0 Å². The van der Waals surface area contributed by atoms with Gasteiger partial charge >= 0.3 is 42.2 Å². The van der Waals surface area contributed by atoms with Gasteiger partial charge in [-0.05, 0) is 71.8 Å². The maximum Gasteiger partial charge on any atom is 0.454 e. The van der Waals surface area contributed by atoms with Crippen LogP contribution < -0.4 is 9.47 Å². The Bertz CT molecular complexity index is 1850. The average molecular weight is 714 g/mol. The van der Waals surface area contributed by atoms with Crippen LogP contribution >= 0.6 is 0 Å². The molecule has 0 aliphatic rings. The molecule has 0 atom stereocenters. The van der Waals surface area contributed by atoms with Crippen molar-refractivity contribution in [3.05, 3.63) is 118 Å². The van der Waals surface area contributed by atoms with Crippen LogP contribution in [0.2, 0.25) is 0 Å². The van der Waals surface area contributed by atoms with Crippen molar-refractivity contribution in [1.29, 1.82) is 0 Å². The van der Waals surface area contributed by atoms with E-state index >= 15 is 8.78 Å². The molecule has 0 spiro atoms. The van der Waals surface area contributed by atoms with Gasteiger partial charge in [-0.15, -0.1) is 0 Å². The van der Waals surface area contributed by atoms with Crippen molar-refractivity contribution in [3.8, 4) is 23.0 Å². The lowest BCUT2D eigenvalue weighted by Crippen LogP contribution is -2.62. The predicted molar refractivity (Wildman–Crippen MR) is 152 cm³/mol. The van der Waals surface area contributed by atoms with Gasteiger partial charge in [0.1, 0.15) is 23.0 Å². The lowest BCUT2D eigenvalue weighted by Gasteiger charge is -2.43. The molecule has 4 aromatic carbocycles. The van der Waals surface area contributed by atoms with Crippen LogP contribution in [0.1, 0.15) is 52.6 Å². The molecular formula is C32H18F8O10. The van der Waals surface area contributed by atoms with Crippen molar-refractivity contribution in [1.82, 2.24) is 0 Å². The fourth-order valence-electron chi connectivity index (χ4n) is 4.97. The van der Waals surface area contributed by atoms with E-state index in [1.54, 1.807) is 0 Å². The Labute approximate surface area is 273 Å². The molecule has 0 unspecified atom stereocenters. The van der Waals surface area contributed by atoms with Crippen LogP contribution in [0, 0.1) is 0 Å². The number of ether oxygens (including phenoxy) is 2. The summed E-state index contributed by atoms with van der Waals surface area (Å²) in [6.07, 6.45) is -13.1. The van der Waals surface area contributed by atoms with Gasteiger partial charge in [-0.2, -0.15) is 35.1 Å². The number of hydrogen-bond acceptors (Lipinski definition) is 6. The molecule has 0 heterocycles. The summed E-state index contributed by atoms with van der Waals surface area (Å²) in [6.45, 7) is 0. The molecule has 0 saturated carbocycles. The number of rotatable bonds is 11. The molecule has 0 aliphatic heterocycles. The van der Waals surface area contributed by atoms with Crippen LogP contribution in [0.15, 0.2) is 84.9 Å². The maximum atomic E-state index is 15.3. The first kappa shape index (κ1) is 36.6. The summed E-state index contributed by atoms with van der Waals surface area (Å²) in [6, 6.07) is 8.63. The SMILES string of the molecule is O=C(O)c1ccc(Oc2ccc(C(c3ccc(Oc4ccc(C(=O)O)c(C(=O)O)c4)cc3)(C(F)(F)F)C(F)(F)C(F)(F)F)cc2)cc1C(=O)O. The van der Waals surface area contributed by atoms with Gasteiger partial charge in [-0.1, -0.05) is 24.3 Å². The first-order valence-corrected chi connectivity index (χ1v) is 13.4. The van der Waals surface area contributed by atoms with Crippen LogP contribution in [0.5, 0.6) is 23.0 Å². The highest BCUT2D eigenvalue weighted by Crippen LogP contribution is 2.60. The highest BCUT2D eigenvalue weighted by Gasteiger charge is 2.80. The van der Waals surface area contributed by atoms with Crippen molar-refractivity contribution in [2.45, 2.75) is 23.7 Å². The van der Waals surface area contributed by atoms with Gasteiger partial charge in [0.25, 0.3) is 0 Å². The summed E-state index contributed by atoms with van der Waals surface area (Å²) in [7, 11) is 0. The number of carbonyl (C=O) groups is 4. The Morgan fingerprint density at radius 2 is 0.720 bits per heavy atom. The van der Waals surface area contributed by atoms with Crippen LogP contribution in [0.3, 0.4) is 0 Å². The molecule has 4 rings (SSSR count). The molecule has 4 aromatic rings. The first-order chi connectivity index (χ1) is 23.1. The summed E-state index contributed by atoms with van der Waals surface area (Å²) in [5, 5.41) is 36.8. The second kappa shape index (κ2) is 13.0. The molecule has 10 nitrogen and oxygen atoms in total. The highest BCUT2D eigenvalue weighted by atomic mass is 19.4. The first-order valence-electron chi connectivity index (χ1n) is 13.4. The van der Waals surface area contributed by atoms with E-state index in [0.29, 0.717) is 24.3 Å². The van der Waals surface area contributed by atoms with Gasteiger partial charge in [0, 0.05) is 0 Å². The molecule has 0 amide bonds. The van der Waals surface area contributed by atoms with Crippen molar-refractivity contribution in [2.24, 2.45) is 0 Å². The van der Waals surface area contributed by atoms with Gasteiger partial charge in [0.2, 0.25) is 0 Å². The summed E-state index contributed by atoms with van der Waals surface area (Å²) in [5.74, 6) is -14.8. The van der Waals surface area contributed by atoms with Crippen LogP contribution in [-0.4, -0.2) is 62.6 Å². The Morgan fingerprint density at radius 1 is 0.420 bits per heavy atom. The zero-order valence-corrected chi connectivity index (χ0v) is 24.3. The normalized spacial score (nSPS) is 12.2. The molecular weight excluding hydrogens is 696 g/mol. The van der Waals surface area contributed by atoms with Gasteiger partial charge < -0.3 is 29.9 Å². The monoisotopic (exact) mass is 714 g/mol. The predicted octanol–water partition coefficient (Wildman–Crippen LogP) is 8.11. The number of carboxylic acids is 4. The van der Waals surface area contributed by atoms with E-state index in [9.17, 15) is 55.7 Å². The number of hydrogen-bond donors (Lipinski definition) is 4. The molecule has 50 heavy (non-hydrogen) atoms. The summed E-state index contributed by atoms with van der Waals surface area (Å²) < 4.78 is 127. The second-order valence-corrected chi connectivity index (χ2v) is 10.2. The molecule has 0 radical (unpaired) electrons. The molecule has 0 fully saturated rings. The van der Waals surface area contributed by atoms with Crippen molar-refractivity contribution >= 4 is 23.9 Å². The third kappa shape index (κ3) is 6.58. The second-order valence-electron chi connectivity index (χ2n) is 10.2. The Morgan fingerprint density at radius 3 is 0.980 bits per heavy atom. The number of aromatic carboxylic acids is 4. The third-order valence-electron chi connectivity index (χ3n) is 7.20. The largest absolute Gasteiger partial charge is 0.478 e. The highest BCUT2D eigenvalue weighted by molar-refractivity contribution is 6.02. The van der Waals surface area contributed by atoms with E-state index < -0.39 is 92.4 Å². The smallest absolute Gasteiger partial charge is 0.454 e. The number of halogens is 8. The Kier molecular flexibility index (Phi) is 9.54. The maximum absolute atomic E-state index is 15.3. The molecule has 18 heteroatoms. The minimum Gasteiger partial charge on any atom is -0.478 e. The van der Waals surface area contributed by atoms with Gasteiger partial charge in [-0.3, -0.25) is 0 Å². The fourth-order valence-corrected chi connectivity index (χ4v) is 4.97. The number of carboxylic acid groups (broad SMARTS) is 4. The lowest BCUT2D eigenvalue weighted by atomic mass is 9.68. The quantitative estimate of drug-likeness (QED) is 0.111. The lowest BCUT2D eigenvalue weighted by molar-refractivity contribution is -0.348. The van der Waals surface area contributed by atoms with Gasteiger partial charge in [0.15, 0.2) is 5.41 Å². The summed E-state index contributed by atoms with van der Waals surface area (Å²) >= 11 is 0.